The number of unbranched alkanes of at least 4 members (excludes halogenated alkanes) is 3. The first-order valence-electron chi connectivity index (χ1n) is 11.3. The molecule has 1 aliphatic rings. The molecular formula is C25H35NO6. The van der Waals surface area contributed by atoms with Crippen LogP contribution in [-0.4, -0.2) is 59.0 Å². The Morgan fingerprint density at radius 1 is 1.12 bits per heavy atom. The van der Waals surface area contributed by atoms with Crippen molar-refractivity contribution in [2.75, 3.05) is 19.8 Å². The summed E-state index contributed by atoms with van der Waals surface area (Å²) in [4.78, 5) is 24.0. The van der Waals surface area contributed by atoms with Crippen LogP contribution in [0.5, 0.6) is 5.75 Å². The molecule has 0 unspecified atom stereocenters. The quantitative estimate of drug-likeness (QED) is 0.308. The van der Waals surface area contributed by atoms with Crippen molar-refractivity contribution in [2.24, 2.45) is 5.92 Å². The summed E-state index contributed by atoms with van der Waals surface area (Å²) in [6.07, 6.45) is 9.63. The van der Waals surface area contributed by atoms with E-state index in [0.717, 1.165) is 37.7 Å². The summed E-state index contributed by atoms with van der Waals surface area (Å²) in [5.41, 5.74) is 0.951. The maximum absolute atomic E-state index is 12.2. The van der Waals surface area contributed by atoms with Crippen molar-refractivity contribution >= 4 is 11.7 Å². The third kappa shape index (κ3) is 9.34. The van der Waals surface area contributed by atoms with Gasteiger partial charge in [0, 0.05) is 18.8 Å². The molecule has 1 aromatic rings. The van der Waals surface area contributed by atoms with Crippen LogP contribution in [0.25, 0.3) is 0 Å². The molecule has 0 spiro atoms. The lowest BCUT2D eigenvalue weighted by Crippen LogP contribution is -2.39. The van der Waals surface area contributed by atoms with Crippen LogP contribution in [-0.2, 0) is 9.59 Å². The van der Waals surface area contributed by atoms with Gasteiger partial charge in [0.1, 0.15) is 24.2 Å². The van der Waals surface area contributed by atoms with Gasteiger partial charge < -0.3 is 25.4 Å². The van der Waals surface area contributed by atoms with Crippen molar-refractivity contribution in [3.05, 3.63) is 54.1 Å². The van der Waals surface area contributed by atoms with E-state index in [2.05, 4.69) is 5.32 Å². The van der Waals surface area contributed by atoms with Gasteiger partial charge >= 0.3 is 0 Å². The van der Waals surface area contributed by atoms with E-state index < -0.39 is 12.1 Å². The number of aliphatic hydroxyl groups excluding tert-OH is 3. The lowest BCUT2D eigenvalue weighted by Gasteiger charge is -2.13. The number of allylic oxidation sites excluding steroid dienone is 3. The highest BCUT2D eigenvalue weighted by molar-refractivity contribution is 5.89. The zero-order valence-corrected chi connectivity index (χ0v) is 18.5. The van der Waals surface area contributed by atoms with Crippen LogP contribution in [0, 0.1) is 5.92 Å². The largest absolute Gasteiger partial charge is 0.491 e. The first-order chi connectivity index (χ1) is 15.5. The second kappa shape index (κ2) is 14.6. The molecule has 0 aromatic heterocycles. The summed E-state index contributed by atoms with van der Waals surface area (Å²) in [6.45, 7) is -0.407. The Kier molecular flexibility index (Phi) is 11.7. The molecule has 2 rings (SSSR count). The zero-order chi connectivity index (χ0) is 23.2. The van der Waals surface area contributed by atoms with Crippen LogP contribution in [0.3, 0.4) is 0 Å². The summed E-state index contributed by atoms with van der Waals surface area (Å²) < 4.78 is 5.54. The number of para-hydroxylation sites is 1. The highest BCUT2D eigenvalue weighted by Crippen LogP contribution is 2.29. The molecule has 0 aliphatic heterocycles. The summed E-state index contributed by atoms with van der Waals surface area (Å²) in [5.74, 6) is 0.603. The van der Waals surface area contributed by atoms with Gasteiger partial charge in [-0.2, -0.15) is 0 Å². The number of ketones is 1. The van der Waals surface area contributed by atoms with Crippen molar-refractivity contribution in [3.8, 4) is 5.75 Å². The van der Waals surface area contributed by atoms with Crippen LogP contribution < -0.4 is 10.1 Å². The van der Waals surface area contributed by atoms with Crippen LogP contribution in [0.4, 0.5) is 0 Å². The fraction of sp³-hybridized carbons (Fsp3) is 0.520. The van der Waals surface area contributed by atoms with E-state index in [1.165, 1.54) is 0 Å². The van der Waals surface area contributed by atoms with Crippen molar-refractivity contribution in [3.63, 3.8) is 0 Å². The van der Waals surface area contributed by atoms with E-state index in [0.29, 0.717) is 18.6 Å². The molecule has 4 N–H and O–H groups in total. The van der Waals surface area contributed by atoms with E-state index >= 15 is 0 Å². The van der Waals surface area contributed by atoms with Crippen LogP contribution in [0.15, 0.2) is 54.1 Å². The normalized spacial score (nSPS) is 17.1. The number of benzene rings is 1. The second-order valence-electron chi connectivity index (χ2n) is 8.06. The lowest BCUT2D eigenvalue weighted by molar-refractivity contribution is -0.122. The van der Waals surface area contributed by atoms with Crippen LogP contribution in [0.1, 0.15) is 44.9 Å². The molecule has 0 saturated heterocycles. The summed E-state index contributed by atoms with van der Waals surface area (Å²) in [5, 5.41) is 30.7. The van der Waals surface area contributed by atoms with Crippen LogP contribution in [0.2, 0.25) is 0 Å². The predicted molar refractivity (Wildman–Crippen MR) is 122 cm³/mol. The number of hydrogen-bond donors (Lipinski definition) is 4. The van der Waals surface area contributed by atoms with E-state index in [-0.39, 0.29) is 37.4 Å². The minimum Gasteiger partial charge on any atom is -0.491 e. The Hall–Kier alpha value is -2.48. The average molecular weight is 446 g/mol. The Balaban J connectivity index is 1.64. The topological polar surface area (TPSA) is 116 Å². The van der Waals surface area contributed by atoms with Gasteiger partial charge in [-0.05, 0) is 30.5 Å². The van der Waals surface area contributed by atoms with Crippen LogP contribution >= 0.6 is 0 Å². The number of amides is 1. The molecule has 1 amide bonds. The Morgan fingerprint density at radius 2 is 1.84 bits per heavy atom. The van der Waals surface area contributed by atoms with E-state index in [9.17, 15) is 14.7 Å². The minimum atomic E-state index is -0.755. The van der Waals surface area contributed by atoms with Gasteiger partial charge in [-0.1, -0.05) is 55.7 Å². The van der Waals surface area contributed by atoms with Gasteiger partial charge in [0.2, 0.25) is 5.91 Å². The average Bonchev–Trinajstić information content (AvgIpc) is 3.16. The monoisotopic (exact) mass is 445 g/mol. The van der Waals surface area contributed by atoms with Crippen molar-refractivity contribution in [1.82, 2.24) is 5.32 Å². The molecule has 32 heavy (non-hydrogen) atoms. The van der Waals surface area contributed by atoms with Gasteiger partial charge in [0.15, 0.2) is 0 Å². The first-order valence-corrected chi connectivity index (χ1v) is 11.3. The molecule has 0 heterocycles. The molecule has 0 saturated carbocycles. The summed E-state index contributed by atoms with van der Waals surface area (Å²) >= 11 is 0. The van der Waals surface area contributed by atoms with E-state index in [4.69, 9.17) is 14.9 Å². The number of Topliss-reactive ketones (excluding diaryl/α,β-unsaturated/α-hetero) is 1. The highest BCUT2D eigenvalue weighted by Gasteiger charge is 2.25. The van der Waals surface area contributed by atoms with Gasteiger partial charge in [-0.3, -0.25) is 9.59 Å². The van der Waals surface area contributed by atoms with Gasteiger partial charge in [-0.15, -0.1) is 0 Å². The van der Waals surface area contributed by atoms with Gasteiger partial charge in [-0.25, -0.2) is 0 Å². The molecule has 7 nitrogen and oxygen atoms in total. The SMILES string of the molecule is O=C(CCCCCC[C@H]1C(=O)CC=C1/C=C/[C@@H](O)COc1ccccc1)NC(CO)CO. The zero-order valence-electron chi connectivity index (χ0n) is 18.5. The van der Waals surface area contributed by atoms with Crippen molar-refractivity contribution in [1.29, 1.82) is 0 Å². The molecule has 2 atom stereocenters. The molecule has 0 fully saturated rings. The molecular weight excluding hydrogens is 410 g/mol. The Bertz CT molecular complexity index is 757. The van der Waals surface area contributed by atoms with E-state index in [1.54, 1.807) is 6.08 Å². The molecule has 1 aromatic carbocycles. The summed E-state index contributed by atoms with van der Waals surface area (Å²) in [7, 11) is 0. The van der Waals surface area contributed by atoms with E-state index in [1.807, 2.05) is 42.5 Å². The van der Waals surface area contributed by atoms with Gasteiger partial charge in [0.05, 0.1) is 19.3 Å². The molecule has 176 valence electrons. The fourth-order valence-electron chi connectivity index (χ4n) is 3.61. The third-order valence-electron chi connectivity index (χ3n) is 5.46. The van der Waals surface area contributed by atoms with Crippen molar-refractivity contribution < 1.29 is 29.6 Å². The maximum Gasteiger partial charge on any atom is 0.220 e. The predicted octanol–water partition coefficient (Wildman–Crippen LogP) is 2.31. The number of rotatable bonds is 15. The number of carbonyl (C=O) groups excluding carboxylic acids is 2. The number of nitrogens with one attached hydrogen (secondary N) is 1. The first kappa shape index (κ1) is 25.8. The molecule has 1 aliphatic carbocycles. The number of carbonyl (C=O) groups is 2. The third-order valence-corrected chi connectivity index (χ3v) is 5.46. The number of hydrogen-bond acceptors (Lipinski definition) is 6. The fourth-order valence-corrected chi connectivity index (χ4v) is 3.61. The minimum absolute atomic E-state index is 0.133. The smallest absolute Gasteiger partial charge is 0.220 e. The van der Waals surface area contributed by atoms with Gasteiger partial charge in [0.25, 0.3) is 0 Å². The lowest BCUT2D eigenvalue weighted by atomic mass is 9.93. The number of aliphatic hydroxyl groups is 3. The maximum atomic E-state index is 12.2. The summed E-state index contributed by atoms with van der Waals surface area (Å²) in [6, 6.07) is 8.70. The Morgan fingerprint density at radius 3 is 2.56 bits per heavy atom. The molecule has 0 bridgehead atoms. The second-order valence-corrected chi connectivity index (χ2v) is 8.06. The molecule has 0 radical (unpaired) electrons. The standard InChI is InChI=1S/C25H35NO6/c27-16-20(17-28)26-25(31)11-7-2-1-6-10-23-19(13-15-24(23)30)12-14-21(29)18-32-22-8-4-3-5-9-22/h3-5,8-9,12-14,20-21,23,27-29H,1-2,6-7,10-11,15-18H2,(H,26,31)/b14-12+/t21-,23-/m1/s1. The Labute approximate surface area is 189 Å². The highest BCUT2D eigenvalue weighted by atomic mass is 16.5. The molecule has 7 heteroatoms. The number of ether oxygens (including phenoxy) is 1. The van der Waals surface area contributed by atoms with Crippen molar-refractivity contribution in [2.45, 2.75) is 57.1 Å².